The van der Waals surface area contributed by atoms with Crippen LogP contribution < -0.4 is 20.5 Å². The molecule has 0 atom stereocenters. The van der Waals surface area contributed by atoms with E-state index in [4.69, 9.17) is 15.2 Å². The monoisotopic (exact) mass is 620 g/mol. The summed E-state index contributed by atoms with van der Waals surface area (Å²) in [4.78, 5) is 56.9. The number of primary amides is 1. The molecule has 0 spiro atoms. The first-order valence-corrected chi connectivity index (χ1v) is 14.9. The van der Waals surface area contributed by atoms with Crippen LogP contribution in [-0.4, -0.2) is 61.0 Å². The summed E-state index contributed by atoms with van der Waals surface area (Å²) in [6, 6.07) is 5.98. The smallest absolute Gasteiger partial charge is 0.335 e. The molecular formula is C32H40N6O7. The van der Waals surface area contributed by atoms with Gasteiger partial charge in [-0.2, -0.15) is 0 Å². The van der Waals surface area contributed by atoms with Crippen molar-refractivity contribution in [2.24, 2.45) is 5.73 Å². The van der Waals surface area contributed by atoms with Gasteiger partial charge in [-0.05, 0) is 31.2 Å². The zero-order chi connectivity index (χ0) is 33.3. The number of Topliss-reactive ketones (excluding diaryl/α,β-unsaturated/α-hetero) is 1. The van der Waals surface area contributed by atoms with Gasteiger partial charge in [-0.3, -0.25) is 19.7 Å². The molecule has 1 aliphatic rings. The number of rotatable bonds is 5. The van der Waals surface area contributed by atoms with Gasteiger partial charge in [-0.25, -0.2) is 14.8 Å². The summed E-state index contributed by atoms with van der Waals surface area (Å²) in [5, 5.41) is 12.3. The lowest BCUT2D eigenvalue weighted by Crippen LogP contribution is -2.12. The van der Waals surface area contributed by atoms with Crippen molar-refractivity contribution < 1.29 is 33.8 Å². The average molecular weight is 621 g/mol. The number of ketones is 1. The van der Waals surface area contributed by atoms with Gasteiger partial charge in [0.25, 0.3) is 0 Å². The van der Waals surface area contributed by atoms with Crippen LogP contribution in [0.2, 0.25) is 0 Å². The lowest BCUT2D eigenvalue weighted by molar-refractivity contribution is -0.116. The number of hydrogen-bond donors (Lipinski definition) is 3. The standard InChI is InChI=1S/C28H28N6O7.2C2H6/c1-15(35)10-23-31-19-11-17(26(29)37)13-21-24(19)33(23)6-3-4-7-34-25-20(32-28(34)30-16(2)36)12-18(27(38)39)14-22(25)41-9-5-8-40-21;2*1-2/h3-4,11-14H,5-10H2,1-2H3,(H2,29,37)(H,38,39)(H,30,32,36);2*1-2H3/b4-3+;;. The molecule has 0 unspecified atom stereocenters. The third-order valence-electron chi connectivity index (χ3n) is 6.47. The largest absolute Gasteiger partial charge is 0.491 e. The van der Waals surface area contributed by atoms with Gasteiger partial charge in [-0.15, -0.1) is 0 Å². The molecule has 5 rings (SSSR count). The fraction of sp³-hybridized carbons (Fsp3) is 0.375. The highest BCUT2D eigenvalue weighted by atomic mass is 16.5. The SMILES string of the molecule is CC.CC.CC(=O)Cc1nc2cc(C(N)=O)cc3c2n1C/C=C/Cn1c(NC(C)=O)nc2cc(C(=O)O)cc(c21)OCCCO3. The van der Waals surface area contributed by atoms with Crippen molar-refractivity contribution in [3.05, 3.63) is 53.4 Å². The molecule has 0 bridgehead atoms. The number of allylic oxidation sites excluding steroid dienone is 2. The highest BCUT2D eigenvalue weighted by Crippen LogP contribution is 2.32. The van der Waals surface area contributed by atoms with Gasteiger partial charge >= 0.3 is 5.97 Å². The number of carbonyl (C=O) groups is 4. The van der Waals surface area contributed by atoms with Crippen molar-refractivity contribution in [3.8, 4) is 11.5 Å². The number of benzene rings is 2. The maximum Gasteiger partial charge on any atom is 0.335 e. The first-order valence-electron chi connectivity index (χ1n) is 14.9. The van der Waals surface area contributed by atoms with E-state index in [9.17, 15) is 24.3 Å². The number of anilines is 1. The molecule has 2 aromatic carbocycles. The number of nitrogens with one attached hydrogen (secondary N) is 1. The zero-order valence-electron chi connectivity index (χ0n) is 26.5. The van der Waals surface area contributed by atoms with Gasteiger partial charge in [0, 0.05) is 32.0 Å². The summed E-state index contributed by atoms with van der Waals surface area (Å²) in [5.74, 6) is -0.765. The second-order valence-corrected chi connectivity index (χ2v) is 9.62. The van der Waals surface area contributed by atoms with Crippen LogP contribution in [-0.2, 0) is 29.1 Å². The molecule has 0 aliphatic carbocycles. The third-order valence-corrected chi connectivity index (χ3v) is 6.47. The first kappa shape index (κ1) is 34.3. The number of aromatic carboxylic acids is 1. The molecule has 1 aliphatic heterocycles. The maximum atomic E-state index is 12.0. The molecule has 45 heavy (non-hydrogen) atoms. The predicted octanol–water partition coefficient (Wildman–Crippen LogP) is 4.74. The van der Waals surface area contributed by atoms with E-state index in [0.717, 1.165) is 0 Å². The Kier molecular flexibility index (Phi) is 11.8. The fourth-order valence-corrected chi connectivity index (χ4v) is 4.76. The summed E-state index contributed by atoms with van der Waals surface area (Å²) in [7, 11) is 0. The van der Waals surface area contributed by atoms with Crippen LogP contribution in [0.15, 0.2) is 36.4 Å². The van der Waals surface area contributed by atoms with Crippen LogP contribution in [0.4, 0.5) is 5.95 Å². The molecule has 13 nitrogen and oxygen atoms in total. The van der Waals surface area contributed by atoms with E-state index in [1.165, 1.54) is 26.0 Å². The molecule has 0 fully saturated rings. The topological polar surface area (TPSA) is 181 Å². The van der Waals surface area contributed by atoms with E-state index in [-0.39, 0.29) is 54.9 Å². The summed E-state index contributed by atoms with van der Waals surface area (Å²) in [5.41, 5.74) is 7.73. The van der Waals surface area contributed by atoms with Gasteiger partial charge in [0.15, 0.2) is 0 Å². The summed E-state index contributed by atoms with van der Waals surface area (Å²) in [6.07, 6.45) is 4.20. The van der Waals surface area contributed by atoms with Crippen molar-refractivity contribution >= 4 is 51.6 Å². The minimum absolute atomic E-state index is 0.00765. The number of nitrogens with zero attached hydrogens (tertiary/aromatic N) is 4. The minimum atomic E-state index is -1.14. The summed E-state index contributed by atoms with van der Waals surface area (Å²) >= 11 is 0. The van der Waals surface area contributed by atoms with Gasteiger partial charge in [-0.1, -0.05) is 39.8 Å². The van der Waals surface area contributed by atoms with Crippen LogP contribution in [0.3, 0.4) is 0 Å². The zero-order valence-corrected chi connectivity index (χ0v) is 26.5. The number of hydrogen-bond acceptors (Lipinski definition) is 8. The Morgan fingerprint density at radius 3 is 1.93 bits per heavy atom. The normalized spacial score (nSPS) is 13.4. The van der Waals surface area contributed by atoms with Crippen molar-refractivity contribution in [3.63, 3.8) is 0 Å². The number of ether oxygens (including phenoxy) is 2. The van der Waals surface area contributed by atoms with Gasteiger partial charge in [0.1, 0.15) is 34.1 Å². The Morgan fingerprint density at radius 1 is 0.844 bits per heavy atom. The lowest BCUT2D eigenvalue weighted by atomic mass is 10.1. The molecule has 0 radical (unpaired) electrons. The second kappa shape index (κ2) is 15.5. The van der Waals surface area contributed by atoms with Gasteiger partial charge in [0.2, 0.25) is 17.8 Å². The highest BCUT2D eigenvalue weighted by molar-refractivity contribution is 5.99. The molecule has 0 saturated heterocycles. The quantitative estimate of drug-likeness (QED) is 0.265. The van der Waals surface area contributed by atoms with E-state index in [1.54, 1.807) is 16.7 Å². The summed E-state index contributed by atoms with van der Waals surface area (Å²) < 4.78 is 15.7. The lowest BCUT2D eigenvalue weighted by Gasteiger charge is -2.13. The van der Waals surface area contributed by atoms with Crippen LogP contribution in [0.1, 0.15) is 74.5 Å². The molecule has 4 aromatic rings. The van der Waals surface area contributed by atoms with Gasteiger partial charge in [0.05, 0.1) is 36.2 Å². The molecule has 2 aromatic heterocycles. The average Bonchev–Trinajstić information content (AvgIpc) is 3.52. The van der Waals surface area contributed by atoms with Crippen LogP contribution in [0.25, 0.3) is 22.1 Å². The Balaban J connectivity index is 0.00000133. The van der Waals surface area contributed by atoms with Crippen LogP contribution in [0.5, 0.6) is 11.5 Å². The first-order chi connectivity index (χ1) is 21.6. The van der Waals surface area contributed by atoms with E-state index >= 15 is 0 Å². The number of amides is 2. The Morgan fingerprint density at radius 2 is 1.38 bits per heavy atom. The van der Waals surface area contributed by atoms with E-state index in [0.29, 0.717) is 52.4 Å². The van der Waals surface area contributed by atoms with E-state index in [1.807, 2.05) is 44.4 Å². The van der Waals surface area contributed by atoms with E-state index in [2.05, 4.69) is 15.3 Å². The van der Waals surface area contributed by atoms with Crippen molar-refractivity contribution in [1.82, 2.24) is 19.1 Å². The van der Waals surface area contributed by atoms with Crippen LogP contribution >= 0.6 is 0 Å². The van der Waals surface area contributed by atoms with Crippen molar-refractivity contribution in [2.45, 2.75) is 67.5 Å². The Hall–Kier alpha value is -5.20. The van der Waals surface area contributed by atoms with Gasteiger partial charge < -0.3 is 29.4 Å². The Bertz CT molecular complexity index is 1630. The number of imidazole rings is 2. The Labute approximate surface area is 261 Å². The fourth-order valence-electron chi connectivity index (χ4n) is 4.76. The molecule has 240 valence electrons. The predicted molar refractivity (Wildman–Crippen MR) is 171 cm³/mol. The molecule has 4 N–H and O–H groups in total. The third kappa shape index (κ3) is 7.85. The van der Waals surface area contributed by atoms with Crippen molar-refractivity contribution in [1.29, 1.82) is 0 Å². The number of carbonyl (C=O) groups excluding carboxylic acids is 3. The second-order valence-electron chi connectivity index (χ2n) is 9.62. The minimum Gasteiger partial charge on any atom is -0.491 e. The number of carboxylic acid groups (broad SMARTS) is 1. The number of aromatic nitrogens is 4. The molecule has 3 heterocycles. The molecule has 2 amide bonds. The number of nitrogens with two attached hydrogens (primary N) is 1. The maximum absolute atomic E-state index is 12.0. The highest BCUT2D eigenvalue weighted by Gasteiger charge is 2.21. The van der Waals surface area contributed by atoms with Crippen LogP contribution in [0, 0.1) is 0 Å². The van der Waals surface area contributed by atoms with Crippen molar-refractivity contribution in [2.75, 3.05) is 18.5 Å². The molecule has 0 saturated carbocycles. The number of carboxylic acids is 1. The summed E-state index contributed by atoms with van der Waals surface area (Å²) in [6.45, 7) is 11.8. The molecular weight excluding hydrogens is 580 g/mol. The van der Waals surface area contributed by atoms with E-state index < -0.39 is 11.9 Å². The molecule has 13 heteroatoms.